The summed E-state index contributed by atoms with van der Waals surface area (Å²) in [6.45, 7) is 2.69. The fraction of sp³-hybridized carbons (Fsp3) is 0.417. The predicted octanol–water partition coefficient (Wildman–Crippen LogP) is 3.40. The van der Waals surface area contributed by atoms with Gasteiger partial charge in [0.1, 0.15) is 0 Å². The van der Waals surface area contributed by atoms with Crippen molar-refractivity contribution in [2.24, 2.45) is 5.73 Å². The Balaban J connectivity index is 2.47. The van der Waals surface area contributed by atoms with E-state index in [0.717, 1.165) is 6.42 Å². The second-order valence-electron chi connectivity index (χ2n) is 3.85. The molecule has 3 N–H and O–H groups in total. The third-order valence-electron chi connectivity index (χ3n) is 2.30. The number of hydrogen-bond donors (Lipinski definition) is 2. The fourth-order valence-corrected chi connectivity index (χ4v) is 2.48. The van der Waals surface area contributed by atoms with Gasteiger partial charge in [-0.2, -0.15) is 0 Å². The summed E-state index contributed by atoms with van der Waals surface area (Å²) in [6.07, 6.45) is 0.899. The van der Waals surface area contributed by atoms with Gasteiger partial charge in [-0.25, -0.2) is 0 Å². The molecule has 0 aliphatic carbocycles. The number of hydrogen-bond acceptors (Lipinski definition) is 3. The normalized spacial score (nSPS) is 12.2. The molecule has 1 atom stereocenters. The molecule has 6 heteroatoms. The van der Waals surface area contributed by atoms with Crippen molar-refractivity contribution in [3.8, 4) is 0 Å². The van der Waals surface area contributed by atoms with Crippen LogP contribution >= 0.6 is 35.0 Å². The minimum absolute atomic E-state index is 0.0898. The van der Waals surface area contributed by atoms with E-state index in [1.807, 2.05) is 0 Å². The van der Waals surface area contributed by atoms with Gasteiger partial charge in [0, 0.05) is 5.25 Å². The summed E-state index contributed by atoms with van der Waals surface area (Å²) in [5.41, 5.74) is 5.99. The van der Waals surface area contributed by atoms with E-state index in [0.29, 0.717) is 33.3 Å². The van der Waals surface area contributed by atoms with Crippen LogP contribution in [0.1, 0.15) is 13.3 Å². The van der Waals surface area contributed by atoms with Crippen LogP contribution in [0.5, 0.6) is 0 Å². The lowest BCUT2D eigenvalue weighted by molar-refractivity contribution is -0.113. The van der Waals surface area contributed by atoms with E-state index in [4.69, 9.17) is 28.9 Å². The molecule has 0 aliphatic rings. The van der Waals surface area contributed by atoms with Crippen molar-refractivity contribution in [3.05, 3.63) is 28.2 Å². The molecule has 0 radical (unpaired) electrons. The van der Waals surface area contributed by atoms with Gasteiger partial charge in [-0.15, -0.1) is 11.8 Å². The molecule has 0 fully saturated rings. The Hall–Kier alpha value is -0.420. The molecule has 0 aliphatic heterocycles. The summed E-state index contributed by atoms with van der Waals surface area (Å²) in [6, 6.07) is 5.14. The van der Waals surface area contributed by atoms with Crippen LogP contribution in [-0.4, -0.2) is 23.5 Å². The van der Waals surface area contributed by atoms with Crippen molar-refractivity contribution in [2.45, 2.75) is 18.6 Å². The second-order valence-corrected chi connectivity index (χ2v) is 6.06. The number of carbonyl (C=O) groups excluding carboxylic acids is 1. The largest absolute Gasteiger partial charge is 0.330 e. The van der Waals surface area contributed by atoms with Crippen molar-refractivity contribution in [1.29, 1.82) is 0 Å². The summed E-state index contributed by atoms with van der Waals surface area (Å²) in [7, 11) is 0. The Bertz CT molecular complexity index is 415. The van der Waals surface area contributed by atoms with Crippen LogP contribution in [0.25, 0.3) is 0 Å². The van der Waals surface area contributed by atoms with Gasteiger partial charge in [-0.1, -0.05) is 36.2 Å². The molecular formula is C12H16Cl2N2OS. The standard InChI is InChI=1S/C12H16Cl2N2OS/c1-8(5-6-15)18-7-11(17)16-10-4-2-3-9(13)12(10)14/h2-4,8H,5-7,15H2,1H3,(H,16,17). The van der Waals surface area contributed by atoms with Gasteiger partial charge < -0.3 is 11.1 Å². The number of halogens is 2. The summed E-state index contributed by atoms with van der Waals surface area (Å²) in [5.74, 6) is 0.289. The minimum atomic E-state index is -0.0898. The Kier molecular flexibility index (Phi) is 6.86. The first-order valence-electron chi connectivity index (χ1n) is 5.60. The number of nitrogens with one attached hydrogen (secondary N) is 1. The second kappa shape index (κ2) is 7.89. The Morgan fingerprint density at radius 3 is 2.89 bits per heavy atom. The van der Waals surface area contributed by atoms with Crippen molar-refractivity contribution in [3.63, 3.8) is 0 Å². The average molecular weight is 307 g/mol. The highest BCUT2D eigenvalue weighted by Gasteiger charge is 2.10. The van der Waals surface area contributed by atoms with Crippen molar-refractivity contribution in [1.82, 2.24) is 0 Å². The third-order valence-corrected chi connectivity index (χ3v) is 4.35. The van der Waals surface area contributed by atoms with Crippen LogP contribution in [-0.2, 0) is 4.79 Å². The molecular weight excluding hydrogens is 291 g/mol. The van der Waals surface area contributed by atoms with E-state index >= 15 is 0 Å². The lowest BCUT2D eigenvalue weighted by Crippen LogP contribution is -2.17. The lowest BCUT2D eigenvalue weighted by atomic mass is 10.3. The van der Waals surface area contributed by atoms with Crippen molar-refractivity contribution < 1.29 is 4.79 Å². The number of rotatable bonds is 6. The fourth-order valence-electron chi connectivity index (χ4n) is 1.32. The van der Waals surface area contributed by atoms with Crippen LogP contribution in [0.15, 0.2) is 18.2 Å². The first kappa shape index (κ1) is 15.6. The van der Waals surface area contributed by atoms with E-state index in [9.17, 15) is 4.79 Å². The average Bonchev–Trinajstić information content (AvgIpc) is 2.33. The quantitative estimate of drug-likeness (QED) is 0.847. The number of anilines is 1. The summed E-state index contributed by atoms with van der Waals surface area (Å²) in [4.78, 5) is 11.7. The molecule has 0 saturated carbocycles. The van der Waals surface area contributed by atoms with Gasteiger partial charge in [0.05, 0.1) is 21.5 Å². The molecule has 3 nitrogen and oxygen atoms in total. The van der Waals surface area contributed by atoms with Gasteiger partial charge in [-0.3, -0.25) is 4.79 Å². The van der Waals surface area contributed by atoms with E-state index in [1.54, 1.807) is 30.0 Å². The topological polar surface area (TPSA) is 55.1 Å². The molecule has 18 heavy (non-hydrogen) atoms. The third kappa shape index (κ3) is 5.06. The zero-order valence-corrected chi connectivity index (χ0v) is 12.4. The maximum atomic E-state index is 11.7. The number of benzene rings is 1. The summed E-state index contributed by atoms with van der Waals surface area (Å²) < 4.78 is 0. The maximum absolute atomic E-state index is 11.7. The Morgan fingerprint density at radius 1 is 1.50 bits per heavy atom. The first-order valence-corrected chi connectivity index (χ1v) is 7.40. The van der Waals surface area contributed by atoms with Gasteiger partial charge >= 0.3 is 0 Å². The van der Waals surface area contributed by atoms with E-state index < -0.39 is 0 Å². The van der Waals surface area contributed by atoms with E-state index in [2.05, 4.69) is 12.2 Å². The molecule has 0 bridgehead atoms. The van der Waals surface area contributed by atoms with Gasteiger partial charge in [-0.05, 0) is 25.1 Å². The molecule has 0 saturated heterocycles. The zero-order chi connectivity index (χ0) is 13.5. The highest BCUT2D eigenvalue weighted by molar-refractivity contribution is 8.00. The monoisotopic (exact) mass is 306 g/mol. The van der Waals surface area contributed by atoms with Gasteiger partial charge in [0.2, 0.25) is 5.91 Å². The molecule has 0 aromatic heterocycles. The van der Waals surface area contributed by atoms with Crippen LogP contribution in [0.4, 0.5) is 5.69 Å². The molecule has 1 unspecified atom stereocenters. The predicted molar refractivity (Wildman–Crippen MR) is 80.7 cm³/mol. The molecule has 1 aromatic rings. The highest BCUT2D eigenvalue weighted by atomic mass is 35.5. The maximum Gasteiger partial charge on any atom is 0.234 e. The number of amides is 1. The number of thioether (sulfide) groups is 1. The molecule has 1 rings (SSSR count). The van der Waals surface area contributed by atoms with Gasteiger partial charge in [0.25, 0.3) is 0 Å². The molecule has 0 spiro atoms. The van der Waals surface area contributed by atoms with E-state index in [1.165, 1.54) is 0 Å². The number of carbonyl (C=O) groups is 1. The van der Waals surface area contributed by atoms with E-state index in [-0.39, 0.29) is 5.91 Å². The molecule has 100 valence electrons. The van der Waals surface area contributed by atoms with Crippen molar-refractivity contribution in [2.75, 3.05) is 17.6 Å². The molecule has 1 amide bonds. The molecule has 0 heterocycles. The SMILES string of the molecule is CC(CCN)SCC(=O)Nc1cccc(Cl)c1Cl. The Labute approximate surface area is 121 Å². The highest BCUT2D eigenvalue weighted by Crippen LogP contribution is 2.29. The lowest BCUT2D eigenvalue weighted by Gasteiger charge is -2.11. The minimum Gasteiger partial charge on any atom is -0.330 e. The van der Waals surface area contributed by atoms with Crippen LogP contribution in [0.2, 0.25) is 10.0 Å². The van der Waals surface area contributed by atoms with Crippen LogP contribution in [0.3, 0.4) is 0 Å². The van der Waals surface area contributed by atoms with Crippen molar-refractivity contribution >= 4 is 46.6 Å². The van der Waals surface area contributed by atoms with Gasteiger partial charge in [0.15, 0.2) is 0 Å². The Morgan fingerprint density at radius 2 is 2.22 bits per heavy atom. The van der Waals surface area contributed by atoms with Crippen LogP contribution < -0.4 is 11.1 Å². The first-order chi connectivity index (χ1) is 8.54. The smallest absolute Gasteiger partial charge is 0.234 e. The summed E-state index contributed by atoms with van der Waals surface area (Å²) in [5, 5.41) is 3.91. The summed E-state index contributed by atoms with van der Waals surface area (Å²) >= 11 is 13.4. The zero-order valence-electron chi connectivity index (χ0n) is 10.1. The number of nitrogens with two attached hydrogens (primary N) is 1. The van der Waals surface area contributed by atoms with Crippen LogP contribution in [0, 0.1) is 0 Å². The molecule has 1 aromatic carbocycles.